The normalized spacial score (nSPS) is 22.4. The molecule has 0 aromatic carbocycles. The summed E-state index contributed by atoms with van der Waals surface area (Å²) >= 11 is 0. The van der Waals surface area contributed by atoms with E-state index >= 15 is 0 Å². The smallest absolute Gasteiger partial charge is 0.226 e. The van der Waals surface area contributed by atoms with E-state index in [0.717, 1.165) is 32.5 Å². The third kappa shape index (κ3) is 3.29. The van der Waals surface area contributed by atoms with Crippen LogP contribution in [0.1, 0.15) is 26.7 Å². The molecule has 1 atom stereocenters. The Labute approximate surface area is 86.9 Å². The molecule has 0 aromatic heterocycles. The van der Waals surface area contributed by atoms with Crippen LogP contribution in [-0.2, 0) is 4.79 Å². The van der Waals surface area contributed by atoms with E-state index in [9.17, 15) is 4.79 Å². The molecule has 1 amide bonds. The maximum absolute atomic E-state index is 11.9. The van der Waals surface area contributed by atoms with Crippen LogP contribution in [0.25, 0.3) is 0 Å². The third-order valence-electron chi connectivity index (χ3n) is 2.66. The van der Waals surface area contributed by atoms with Gasteiger partial charge in [0, 0.05) is 20.1 Å². The lowest BCUT2D eigenvalue weighted by atomic mass is 9.98. The second-order valence-corrected chi connectivity index (χ2v) is 4.66. The Kier molecular flexibility index (Phi) is 4.39. The number of nitrogens with one attached hydrogen (secondary N) is 1. The van der Waals surface area contributed by atoms with Gasteiger partial charge in [0.2, 0.25) is 5.91 Å². The predicted octanol–water partition coefficient (Wildman–Crippen LogP) is 1.10. The number of amides is 1. The summed E-state index contributed by atoms with van der Waals surface area (Å²) in [4.78, 5) is 13.8. The van der Waals surface area contributed by atoms with Gasteiger partial charge in [-0.1, -0.05) is 13.8 Å². The number of carbonyl (C=O) groups excluding carboxylic acids is 1. The first-order valence-electron chi connectivity index (χ1n) is 5.57. The van der Waals surface area contributed by atoms with Crippen molar-refractivity contribution in [1.29, 1.82) is 0 Å². The molecule has 1 heterocycles. The average molecular weight is 198 g/mol. The zero-order chi connectivity index (χ0) is 10.6. The van der Waals surface area contributed by atoms with Crippen molar-refractivity contribution >= 4 is 5.91 Å². The molecule has 0 aliphatic carbocycles. The van der Waals surface area contributed by atoms with Crippen LogP contribution >= 0.6 is 0 Å². The van der Waals surface area contributed by atoms with Gasteiger partial charge in [0.15, 0.2) is 0 Å². The highest BCUT2D eigenvalue weighted by Gasteiger charge is 2.23. The number of rotatable bonds is 3. The SMILES string of the molecule is CC(C)CN(C)C(=O)C1CCCNC1. The zero-order valence-electron chi connectivity index (χ0n) is 9.55. The van der Waals surface area contributed by atoms with Crippen LogP contribution in [0, 0.1) is 11.8 Å². The van der Waals surface area contributed by atoms with E-state index in [-0.39, 0.29) is 5.92 Å². The van der Waals surface area contributed by atoms with Crippen LogP contribution in [0.15, 0.2) is 0 Å². The van der Waals surface area contributed by atoms with Crippen molar-refractivity contribution in [2.24, 2.45) is 11.8 Å². The van der Waals surface area contributed by atoms with Crippen molar-refractivity contribution in [3.8, 4) is 0 Å². The highest BCUT2D eigenvalue weighted by atomic mass is 16.2. The van der Waals surface area contributed by atoms with Crippen molar-refractivity contribution in [3.05, 3.63) is 0 Å². The van der Waals surface area contributed by atoms with Crippen LogP contribution in [0.3, 0.4) is 0 Å². The molecule has 3 heteroatoms. The molecule has 1 saturated heterocycles. The van der Waals surface area contributed by atoms with Crippen molar-refractivity contribution in [1.82, 2.24) is 10.2 Å². The van der Waals surface area contributed by atoms with Gasteiger partial charge in [-0.05, 0) is 25.3 Å². The molecule has 0 bridgehead atoms. The highest BCUT2D eigenvalue weighted by Crippen LogP contribution is 2.13. The average Bonchev–Trinajstić information content (AvgIpc) is 2.17. The Hall–Kier alpha value is -0.570. The molecule has 0 spiro atoms. The van der Waals surface area contributed by atoms with Gasteiger partial charge in [-0.2, -0.15) is 0 Å². The quantitative estimate of drug-likeness (QED) is 0.736. The lowest BCUT2D eigenvalue weighted by Gasteiger charge is -2.27. The van der Waals surface area contributed by atoms with E-state index in [1.807, 2.05) is 11.9 Å². The summed E-state index contributed by atoms with van der Waals surface area (Å²) in [7, 11) is 1.91. The maximum atomic E-state index is 11.9. The minimum Gasteiger partial charge on any atom is -0.345 e. The Bertz CT molecular complexity index is 186. The van der Waals surface area contributed by atoms with Gasteiger partial charge in [-0.15, -0.1) is 0 Å². The van der Waals surface area contributed by atoms with E-state index < -0.39 is 0 Å². The van der Waals surface area contributed by atoms with Gasteiger partial charge in [-0.3, -0.25) is 4.79 Å². The van der Waals surface area contributed by atoms with Gasteiger partial charge in [0.1, 0.15) is 0 Å². The first kappa shape index (κ1) is 11.5. The van der Waals surface area contributed by atoms with E-state index in [4.69, 9.17) is 0 Å². The maximum Gasteiger partial charge on any atom is 0.226 e. The van der Waals surface area contributed by atoms with Crippen LogP contribution < -0.4 is 5.32 Å². The number of carbonyl (C=O) groups is 1. The zero-order valence-corrected chi connectivity index (χ0v) is 9.55. The van der Waals surface area contributed by atoms with Crippen molar-refractivity contribution < 1.29 is 4.79 Å². The molecule has 14 heavy (non-hydrogen) atoms. The molecular formula is C11H22N2O. The van der Waals surface area contributed by atoms with Gasteiger partial charge < -0.3 is 10.2 Å². The lowest BCUT2D eigenvalue weighted by molar-refractivity contribution is -0.135. The molecule has 1 rings (SSSR count). The Morgan fingerprint density at radius 3 is 2.79 bits per heavy atom. The molecule has 0 aromatic rings. The van der Waals surface area contributed by atoms with Crippen LogP contribution in [0.4, 0.5) is 0 Å². The summed E-state index contributed by atoms with van der Waals surface area (Å²) in [6.45, 7) is 7.08. The van der Waals surface area contributed by atoms with E-state index in [0.29, 0.717) is 11.8 Å². The molecule has 82 valence electrons. The van der Waals surface area contributed by atoms with E-state index in [1.165, 1.54) is 0 Å². The number of piperidine rings is 1. The molecule has 1 aliphatic heterocycles. The largest absolute Gasteiger partial charge is 0.345 e. The number of hydrogen-bond donors (Lipinski definition) is 1. The van der Waals surface area contributed by atoms with Gasteiger partial charge in [-0.25, -0.2) is 0 Å². The lowest BCUT2D eigenvalue weighted by Crippen LogP contribution is -2.42. The summed E-state index contributed by atoms with van der Waals surface area (Å²) in [6, 6.07) is 0. The number of hydrogen-bond acceptors (Lipinski definition) is 2. The Balaban J connectivity index is 2.38. The van der Waals surface area contributed by atoms with Crippen molar-refractivity contribution in [3.63, 3.8) is 0 Å². The van der Waals surface area contributed by atoms with Gasteiger partial charge in [0.25, 0.3) is 0 Å². The van der Waals surface area contributed by atoms with Gasteiger partial charge >= 0.3 is 0 Å². The van der Waals surface area contributed by atoms with Crippen molar-refractivity contribution in [2.75, 3.05) is 26.7 Å². The fourth-order valence-electron chi connectivity index (χ4n) is 2.01. The van der Waals surface area contributed by atoms with Gasteiger partial charge in [0.05, 0.1) is 5.92 Å². The monoisotopic (exact) mass is 198 g/mol. The molecule has 0 saturated carbocycles. The summed E-state index contributed by atoms with van der Waals surface area (Å²) in [6.07, 6.45) is 2.18. The number of nitrogens with zero attached hydrogens (tertiary/aromatic N) is 1. The topological polar surface area (TPSA) is 32.3 Å². The molecule has 0 radical (unpaired) electrons. The molecule has 1 N–H and O–H groups in total. The first-order chi connectivity index (χ1) is 6.61. The summed E-state index contributed by atoms with van der Waals surface area (Å²) in [5.74, 6) is 1.08. The van der Waals surface area contributed by atoms with Crippen molar-refractivity contribution in [2.45, 2.75) is 26.7 Å². The van der Waals surface area contributed by atoms with Crippen LogP contribution in [-0.4, -0.2) is 37.5 Å². The minimum absolute atomic E-state index is 0.215. The first-order valence-corrected chi connectivity index (χ1v) is 5.57. The molecule has 1 aliphatic rings. The standard InChI is InChI=1S/C11H22N2O/c1-9(2)8-13(3)11(14)10-5-4-6-12-7-10/h9-10,12H,4-8H2,1-3H3. The summed E-state index contributed by atoms with van der Waals surface area (Å²) in [5.41, 5.74) is 0. The Morgan fingerprint density at radius 2 is 2.29 bits per heavy atom. The fourth-order valence-corrected chi connectivity index (χ4v) is 2.01. The molecule has 1 fully saturated rings. The van der Waals surface area contributed by atoms with Crippen LogP contribution in [0.2, 0.25) is 0 Å². The predicted molar refractivity (Wildman–Crippen MR) is 58.1 cm³/mol. The second-order valence-electron chi connectivity index (χ2n) is 4.66. The minimum atomic E-state index is 0.215. The highest BCUT2D eigenvalue weighted by molar-refractivity contribution is 5.78. The third-order valence-corrected chi connectivity index (χ3v) is 2.66. The molecule has 1 unspecified atom stereocenters. The second kappa shape index (κ2) is 5.35. The van der Waals surface area contributed by atoms with E-state index in [1.54, 1.807) is 0 Å². The summed E-state index contributed by atoms with van der Waals surface area (Å²) in [5, 5.41) is 3.28. The molecular weight excluding hydrogens is 176 g/mol. The molecule has 3 nitrogen and oxygen atoms in total. The van der Waals surface area contributed by atoms with E-state index in [2.05, 4.69) is 19.2 Å². The summed E-state index contributed by atoms with van der Waals surface area (Å²) < 4.78 is 0. The Morgan fingerprint density at radius 1 is 1.57 bits per heavy atom. The fraction of sp³-hybridized carbons (Fsp3) is 0.909. The van der Waals surface area contributed by atoms with Crippen LogP contribution in [0.5, 0.6) is 0 Å².